The number of carbonyl (C=O) groups excluding carboxylic acids is 2. The molecule has 0 aromatic heterocycles. The summed E-state index contributed by atoms with van der Waals surface area (Å²) in [5, 5.41) is 0.977. The second kappa shape index (κ2) is 9.97. The number of rotatable bonds is 10. The van der Waals surface area contributed by atoms with E-state index in [1.807, 2.05) is 30.3 Å². The Hall–Kier alpha value is -1.88. The standard InChI is InChI=1S/C15H21NO4/c1-2-3-5-10-15(18)19-13-16(12-17)20-11-14-8-6-4-7-9-14/h4,6-9,12H,2-3,5,10-11,13H2,1H3. The van der Waals surface area contributed by atoms with Gasteiger partial charge in [-0.15, -0.1) is 0 Å². The topological polar surface area (TPSA) is 55.8 Å². The maximum atomic E-state index is 11.4. The van der Waals surface area contributed by atoms with Crippen LogP contribution in [0.25, 0.3) is 0 Å². The third-order valence-electron chi connectivity index (χ3n) is 2.69. The minimum atomic E-state index is -0.311. The van der Waals surface area contributed by atoms with E-state index in [1.165, 1.54) is 0 Å². The predicted molar refractivity (Wildman–Crippen MR) is 74.2 cm³/mol. The van der Waals surface area contributed by atoms with Crippen LogP contribution in [0.1, 0.15) is 38.2 Å². The number of amides is 1. The second-order valence-corrected chi connectivity index (χ2v) is 4.38. The van der Waals surface area contributed by atoms with E-state index in [0.717, 1.165) is 29.9 Å². The maximum absolute atomic E-state index is 11.4. The molecule has 0 heterocycles. The first-order valence-electron chi connectivity index (χ1n) is 6.80. The van der Waals surface area contributed by atoms with Crippen molar-refractivity contribution in [3.8, 4) is 0 Å². The van der Waals surface area contributed by atoms with Gasteiger partial charge in [-0.3, -0.25) is 14.4 Å². The van der Waals surface area contributed by atoms with Crippen LogP contribution in [-0.4, -0.2) is 24.2 Å². The van der Waals surface area contributed by atoms with Crippen molar-refractivity contribution in [1.82, 2.24) is 5.06 Å². The van der Waals surface area contributed by atoms with Crippen LogP contribution < -0.4 is 0 Å². The first-order chi connectivity index (χ1) is 9.76. The molecular formula is C15H21NO4. The third-order valence-corrected chi connectivity index (χ3v) is 2.69. The summed E-state index contributed by atoms with van der Waals surface area (Å²) < 4.78 is 4.96. The minimum absolute atomic E-state index is 0.179. The first-order valence-corrected chi connectivity index (χ1v) is 6.80. The molecule has 1 rings (SSSR count). The molecule has 20 heavy (non-hydrogen) atoms. The highest BCUT2D eigenvalue weighted by molar-refractivity contribution is 5.69. The van der Waals surface area contributed by atoms with E-state index in [0.29, 0.717) is 12.8 Å². The Morgan fingerprint density at radius 3 is 2.65 bits per heavy atom. The van der Waals surface area contributed by atoms with E-state index in [-0.39, 0.29) is 19.3 Å². The van der Waals surface area contributed by atoms with Gasteiger partial charge in [0.25, 0.3) is 0 Å². The molecule has 0 spiro atoms. The molecule has 0 fully saturated rings. The molecule has 0 atom stereocenters. The van der Waals surface area contributed by atoms with Gasteiger partial charge in [-0.25, -0.2) is 0 Å². The lowest BCUT2D eigenvalue weighted by atomic mass is 10.2. The Labute approximate surface area is 119 Å². The number of hydrogen-bond acceptors (Lipinski definition) is 4. The van der Waals surface area contributed by atoms with E-state index in [2.05, 4.69) is 6.92 Å². The molecule has 0 aliphatic rings. The summed E-state index contributed by atoms with van der Waals surface area (Å²) in [6.07, 6.45) is 3.73. The number of benzene rings is 1. The van der Waals surface area contributed by atoms with Crippen LogP contribution in [-0.2, 0) is 25.8 Å². The van der Waals surface area contributed by atoms with E-state index in [9.17, 15) is 9.59 Å². The molecule has 0 saturated heterocycles. The summed E-state index contributed by atoms with van der Waals surface area (Å²) in [6.45, 7) is 2.14. The first kappa shape index (κ1) is 16.2. The van der Waals surface area contributed by atoms with Crippen molar-refractivity contribution in [1.29, 1.82) is 0 Å². The third kappa shape index (κ3) is 6.89. The number of carbonyl (C=O) groups is 2. The van der Waals surface area contributed by atoms with Gasteiger partial charge >= 0.3 is 5.97 Å². The zero-order chi connectivity index (χ0) is 14.6. The van der Waals surface area contributed by atoms with Gasteiger partial charge in [0, 0.05) is 6.42 Å². The van der Waals surface area contributed by atoms with Gasteiger partial charge in [0.1, 0.15) is 6.61 Å². The van der Waals surface area contributed by atoms with Crippen molar-refractivity contribution in [2.24, 2.45) is 0 Å². The summed E-state index contributed by atoms with van der Waals surface area (Å²) in [7, 11) is 0. The molecule has 0 bridgehead atoms. The lowest BCUT2D eigenvalue weighted by molar-refractivity contribution is -0.207. The highest BCUT2D eigenvalue weighted by Gasteiger charge is 2.07. The van der Waals surface area contributed by atoms with Gasteiger partial charge in [-0.05, 0) is 12.0 Å². The largest absolute Gasteiger partial charge is 0.442 e. The van der Waals surface area contributed by atoms with Crippen LogP contribution in [0.5, 0.6) is 0 Å². The van der Waals surface area contributed by atoms with E-state index in [1.54, 1.807) is 0 Å². The van der Waals surface area contributed by atoms with Crippen LogP contribution in [0.15, 0.2) is 30.3 Å². The quantitative estimate of drug-likeness (QED) is 0.217. The molecule has 0 aliphatic carbocycles. The van der Waals surface area contributed by atoms with Crippen molar-refractivity contribution in [2.75, 3.05) is 6.73 Å². The van der Waals surface area contributed by atoms with Gasteiger partial charge in [0.05, 0.1) is 0 Å². The highest BCUT2D eigenvalue weighted by Crippen LogP contribution is 2.03. The lowest BCUT2D eigenvalue weighted by Crippen LogP contribution is -2.27. The fourth-order valence-electron chi connectivity index (χ4n) is 1.56. The molecular weight excluding hydrogens is 258 g/mol. The molecule has 0 radical (unpaired) electrons. The molecule has 0 unspecified atom stereocenters. The zero-order valence-electron chi connectivity index (χ0n) is 11.8. The van der Waals surface area contributed by atoms with E-state index in [4.69, 9.17) is 9.57 Å². The number of nitrogens with zero attached hydrogens (tertiary/aromatic N) is 1. The SMILES string of the molecule is CCCCCC(=O)OCN(C=O)OCc1ccccc1. The van der Waals surface area contributed by atoms with Crippen LogP contribution in [0, 0.1) is 0 Å². The number of hydrogen-bond donors (Lipinski definition) is 0. The van der Waals surface area contributed by atoms with Gasteiger partial charge in [0.15, 0.2) is 6.73 Å². The van der Waals surface area contributed by atoms with Crippen LogP contribution in [0.3, 0.4) is 0 Å². The lowest BCUT2D eigenvalue weighted by Gasteiger charge is -2.16. The molecule has 0 saturated carbocycles. The van der Waals surface area contributed by atoms with E-state index < -0.39 is 0 Å². The molecule has 1 aromatic carbocycles. The zero-order valence-corrected chi connectivity index (χ0v) is 11.8. The molecule has 5 heteroatoms. The van der Waals surface area contributed by atoms with Gasteiger partial charge in [-0.2, -0.15) is 5.06 Å². The van der Waals surface area contributed by atoms with E-state index >= 15 is 0 Å². The van der Waals surface area contributed by atoms with Crippen LogP contribution in [0.2, 0.25) is 0 Å². The summed E-state index contributed by atoms with van der Waals surface area (Å²) in [5.41, 5.74) is 0.939. The van der Waals surface area contributed by atoms with Crippen molar-refractivity contribution in [3.05, 3.63) is 35.9 Å². The molecule has 0 aliphatic heterocycles. The number of esters is 1. The average molecular weight is 279 g/mol. The van der Waals surface area contributed by atoms with Crippen molar-refractivity contribution >= 4 is 12.4 Å². The Balaban J connectivity index is 2.22. The Kier molecular flexibility index (Phi) is 8.07. The summed E-state index contributed by atoms with van der Waals surface area (Å²) in [5.74, 6) is -0.311. The second-order valence-electron chi connectivity index (χ2n) is 4.38. The van der Waals surface area contributed by atoms with Gasteiger partial charge in [-0.1, -0.05) is 50.1 Å². The Morgan fingerprint density at radius 2 is 2.00 bits per heavy atom. The predicted octanol–water partition coefficient (Wildman–Crippen LogP) is 2.66. The Morgan fingerprint density at radius 1 is 1.25 bits per heavy atom. The maximum Gasteiger partial charge on any atom is 0.307 e. The summed E-state index contributed by atoms with van der Waals surface area (Å²) >= 11 is 0. The number of unbranched alkanes of at least 4 members (excludes halogenated alkanes) is 2. The Bertz CT molecular complexity index is 394. The van der Waals surface area contributed by atoms with Gasteiger partial charge < -0.3 is 4.74 Å². The fourth-order valence-corrected chi connectivity index (χ4v) is 1.56. The van der Waals surface area contributed by atoms with Crippen molar-refractivity contribution in [2.45, 2.75) is 39.2 Å². The van der Waals surface area contributed by atoms with Gasteiger partial charge in [0.2, 0.25) is 6.41 Å². The molecule has 110 valence electrons. The van der Waals surface area contributed by atoms with Crippen molar-refractivity contribution < 1.29 is 19.2 Å². The summed E-state index contributed by atoms with van der Waals surface area (Å²) in [4.78, 5) is 27.4. The molecule has 0 N–H and O–H groups in total. The van der Waals surface area contributed by atoms with Crippen LogP contribution >= 0.6 is 0 Å². The number of ether oxygens (including phenoxy) is 1. The fraction of sp³-hybridized carbons (Fsp3) is 0.467. The summed E-state index contributed by atoms with van der Waals surface area (Å²) in [6, 6.07) is 9.45. The number of hydroxylamine groups is 2. The minimum Gasteiger partial charge on any atom is -0.442 e. The monoisotopic (exact) mass is 279 g/mol. The highest BCUT2D eigenvalue weighted by atomic mass is 16.7. The molecule has 1 aromatic rings. The smallest absolute Gasteiger partial charge is 0.307 e. The van der Waals surface area contributed by atoms with Crippen LogP contribution in [0.4, 0.5) is 0 Å². The molecule has 5 nitrogen and oxygen atoms in total. The average Bonchev–Trinajstić information content (AvgIpc) is 2.49. The molecule has 1 amide bonds. The normalized spacial score (nSPS) is 10.1. The van der Waals surface area contributed by atoms with Crippen molar-refractivity contribution in [3.63, 3.8) is 0 Å².